The molecule has 1 aromatic rings. The largest absolute Gasteiger partial charge is 0.349 e. The fourth-order valence-electron chi connectivity index (χ4n) is 2.02. The molecular formula is C12H15FN2O. The Morgan fingerprint density at radius 1 is 1.31 bits per heavy atom. The van der Waals surface area contributed by atoms with Crippen LogP contribution in [0.1, 0.15) is 29.6 Å². The van der Waals surface area contributed by atoms with E-state index >= 15 is 0 Å². The van der Waals surface area contributed by atoms with Gasteiger partial charge in [0, 0.05) is 17.6 Å². The second-order valence-corrected chi connectivity index (χ2v) is 4.25. The van der Waals surface area contributed by atoms with Crippen molar-refractivity contribution >= 4 is 5.91 Å². The average molecular weight is 222 g/mol. The maximum Gasteiger partial charge on any atom is 0.251 e. The van der Waals surface area contributed by atoms with Gasteiger partial charge in [0.25, 0.3) is 5.91 Å². The van der Waals surface area contributed by atoms with Crippen LogP contribution < -0.4 is 11.1 Å². The van der Waals surface area contributed by atoms with E-state index in [9.17, 15) is 9.18 Å². The Hall–Kier alpha value is -1.42. The van der Waals surface area contributed by atoms with E-state index in [-0.39, 0.29) is 23.8 Å². The Kier molecular flexibility index (Phi) is 3.19. The molecule has 1 aromatic carbocycles. The molecule has 0 aromatic heterocycles. The minimum Gasteiger partial charge on any atom is -0.349 e. The van der Waals surface area contributed by atoms with Gasteiger partial charge in [0.05, 0.1) is 0 Å². The van der Waals surface area contributed by atoms with Gasteiger partial charge in [0.1, 0.15) is 5.82 Å². The van der Waals surface area contributed by atoms with Gasteiger partial charge in [-0.05, 0) is 43.5 Å². The molecule has 1 saturated carbocycles. The fraction of sp³-hybridized carbons (Fsp3) is 0.417. The molecule has 0 saturated heterocycles. The van der Waals surface area contributed by atoms with E-state index in [2.05, 4.69) is 5.32 Å². The molecule has 16 heavy (non-hydrogen) atoms. The first-order valence-electron chi connectivity index (χ1n) is 5.47. The molecule has 0 bridgehead atoms. The summed E-state index contributed by atoms with van der Waals surface area (Å²) in [6, 6.07) is 5.90. The summed E-state index contributed by atoms with van der Waals surface area (Å²) in [5.74, 6) is -0.487. The van der Waals surface area contributed by atoms with E-state index in [1.54, 1.807) is 0 Å². The maximum atomic E-state index is 12.7. The SMILES string of the molecule is N[C@H]1CC[C@@H](NC(=O)c2ccc(F)cc2)C1. The highest BCUT2D eigenvalue weighted by Crippen LogP contribution is 2.17. The van der Waals surface area contributed by atoms with E-state index < -0.39 is 0 Å². The lowest BCUT2D eigenvalue weighted by Crippen LogP contribution is -2.34. The minimum absolute atomic E-state index is 0.154. The summed E-state index contributed by atoms with van der Waals surface area (Å²) >= 11 is 0. The molecule has 0 unspecified atom stereocenters. The molecule has 2 atom stereocenters. The average Bonchev–Trinajstić information content (AvgIpc) is 2.65. The van der Waals surface area contributed by atoms with Gasteiger partial charge in [-0.15, -0.1) is 0 Å². The van der Waals surface area contributed by atoms with Crippen LogP contribution in [-0.4, -0.2) is 18.0 Å². The van der Waals surface area contributed by atoms with Gasteiger partial charge in [-0.2, -0.15) is 0 Å². The maximum absolute atomic E-state index is 12.7. The highest BCUT2D eigenvalue weighted by Gasteiger charge is 2.23. The topological polar surface area (TPSA) is 55.1 Å². The van der Waals surface area contributed by atoms with Gasteiger partial charge in [-0.1, -0.05) is 0 Å². The van der Waals surface area contributed by atoms with Crippen molar-refractivity contribution < 1.29 is 9.18 Å². The van der Waals surface area contributed by atoms with Crippen molar-refractivity contribution in [1.82, 2.24) is 5.32 Å². The number of nitrogens with two attached hydrogens (primary N) is 1. The minimum atomic E-state index is -0.334. The van der Waals surface area contributed by atoms with E-state index in [1.165, 1.54) is 24.3 Å². The first-order valence-corrected chi connectivity index (χ1v) is 5.47. The number of carbonyl (C=O) groups is 1. The monoisotopic (exact) mass is 222 g/mol. The molecule has 1 amide bonds. The lowest BCUT2D eigenvalue weighted by atomic mass is 10.2. The first kappa shape index (κ1) is 11.1. The Bertz CT molecular complexity index is 377. The summed E-state index contributed by atoms with van der Waals surface area (Å²) < 4.78 is 12.7. The summed E-state index contributed by atoms with van der Waals surface area (Å²) in [7, 11) is 0. The van der Waals surface area contributed by atoms with Gasteiger partial charge in [0.2, 0.25) is 0 Å². The number of carbonyl (C=O) groups excluding carboxylic acids is 1. The van der Waals surface area contributed by atoms with E-state index in [1.807, 2.05) is 0 Å². The Morgan fingerprint density at radius 2 is 2.00 bits per heavy atom. The summed E-state index contributed by atoms with van der Waals surface area (Å²) in [6.07, 6.45) is 2.70. The zero-order valence-electron chi connectivity index (χ0n) is 8.95. The summed E-state index contributed by atoms with van der Waals surface area (Å²) in [5, 5.41) is 2.90. The normalized spacial score (nSPS) is 24.4. The van der Waals surface area contributed by atoms with Gasteiger partial charge < -0.3 is 11.1 Å². The zero-order valence-corrected chi connectivity index (χ0v) is 8.95. The van der Waals surface area contributed by atoms with Crippen LogP contribution >= 0.6 is 0 Å². The Balaban J connectivity index is 1.95. The lowest BCUT2D eigenvalue weighted by molar-refractivity contribution is 0.0937. The molecular weight excluding hydrogens is 207 g/mol. The third kappa shape index (κ3) is 2.58. The first-order chi connectivity index (χ1) is 7.65. The van der Waals surface area contributed by atoms with Crippen LogP contribution in [-0.2, 0) is 0 Å². The van der Waals surface area contributed by atoms with Gasteiger partial charge in [-0.25, -0.2) is 4.39 Å². The fourth-order valence-corrected chi connectivity index (χ4v) is 2.02. The third-order valence-electron chi connectivity index (χ3n) is 2.91. The van der Waals surface area contributed by atoms with Crippen molar-refractivity contribution in [1.29, 1.82) is 0 Å². The van der Waals surface area contributed by atoms with Crippen LogP contribution in [0.3, 0.4) is 0 Å². The van der Waals surface area contributed by atoms with Crippen molar-refractivity contribution in [3.63, 3.8) is 0 Å². The van der Waals surface area contributed by atoms with E-state index in [0.717, 1.165) is 19.3 Å². The molecule has 0 radical (unpaired) electrons. The van der Waals surface area contributed by atoms with Gasteiger partial charge in [0.15, 0.2) is 0 Å². The van der Waals surface area contributed by atoms with E-state index in [4.69, 9.17) is 5.73 Å². The second kappa shape index (κ2) is 4.61. The number of nitrogens with one attached hydrogen (secondary N) is 1. The van der Waals surface area contributed by atoms with Crippen molar-refractivity contribution in [2.24, 2.45) is 5.73 Å². The molecule has 0 spiro atoms. The standard InChI is InChI=1S/C12H15FN2O/c13-9-3-1-8(2-4-9)12(16)15-11-6-5-10(14)7-11/h1-4,10-11H,5-7,14H2,(H,15,16)/t10-,11+/m0/s1. The third-order valence-corrected chi connectivity index (χ3v) is 2.91. The van der Waals surface area contributed by atoms with Crippen LogP contribution in [0.2, 0.25) is 0 Å². The number of halogens is 1. The second-order valence-electron chi connectivity index (χ2n) is 4.25. The zero-order chi connectivity index (χ0) is 11.5. The summed E-state index contributed by atoms with van der Waals surface area (Å²) in [6.45, 7) is 0. The van der Waals surface area contributed by atoms with Crippen molar-refractivity contribution in [3.8, 4) is 0 Å². The van der Waals surface area contributed by atoms with Crippen LogP contribution in [0.4, 0.5) is 4.39 Å². The van der Waals surface area contributed by atoms with Crippen LogP contribution in [0, 0.1) is 5.82 Å². The summed E-state index contributed by atoms with van der Waals surface area (Å²) in [5.41, 5.74) is 6.25. The molecule has 1 aliphatic carbocycles. The Labute approximate surface area is 93.8 Å². The lowest BCUT2D eigenvalue weighted by Gasteiger charge is -2.12. The number of rotatable bonds is 2. The molecule has 4 heteroatoms. The predicted octanol–water partition coefficient (Wildman–Crippen LogP) is 1.44. The van der Waals surface area contributed by atoms with Gasteiger partial charge in [-0.3, -0.25) is 4.79 Å². The van der Waals surface area contributed by atoms with Crippen LogP contribution in [0.5, 0.6) is 0 Å². The molecule has 1 fully saturated rings. The molecule has 0 aliphatic heterocycles. The number of hydrogen-bond donors (Lipinski definition) is 2. The summed E-state index contributed by atoms with van der Waals surface area (Å²) in [4.78, 5) is 11.7. The predicted molar refractivity (Wildman–Crippen MR) is 59.5 cm³/mol. The molecule has 2 rings (SSSR count). The Morgan fingerprint density at radius 3 is 2.56 bits per heavy atom. The number of benzene rings is 1. The van der Waals surface area contributed by atoms with Crippen molar-refractivity contribution in [2.45, 2.75) is 31.3 Å². The van der Waals surface area contributed by atoms with Crippen molar-refractivity contribution in [3.05, 3.63) is 35.6 Å². The molecule has 86 valence electrons. The highest BCUT2D eigenvalue weighted by atomic mass is 19.1. The molecule has 1 aliphatic rings. The van der Waals surface area contributed by atoms with E-state index in [0.29, 0.717) is 5.56 Å². The number of hydrogen-bond acceptors (Lipinski definition) is 2. The van der Waals surface area contributed by atoms with Crippen LogP contribution in [0.15, 0.2) is 24.3 Å². The molecule has 0 heterocycles. The van der Waals surface area contributed by atoms with Crippen molar-refractivity contribution in [2.75, 3.05) is 0 Å². The smallest absolute Gasteiger partial charge is 0.251 e. The quantitative estimate of drug-likeness (QED) is 0.795. The van der Waals surface area contributed by atoms with Crippen LogP contribution in [0.25, 0.3) is 0 Å². The van der Waals surface area contributed by atoms with Gasteiger partial charge >= 0.3 is 0 Å². The molecule has 3 nitrogen and oxygen atoms in total. The number of amides is 1. The highest BCUT2D eigenvalue weighted by molar-refractivity contribution is 5.94. The molecule has 3 N–H and O–H groups in total.